The first kappa shape index (κ1) is 22.8. The first-order chi connectivity index (χ1) is 15.8. The molecule has 0 bridgehead atoms. The van der Waals surface area contributed by atoms with Crippen molar-refractivity contribution < 1.29 is 22.8 Å². The maximum atomic E-state index is 13.2. The number of fused-ring (bicyclic) bond motifs is 1. The summed E-state index contributed by atoms with van der Waals surface area (Å²) in [5.41, 5.74) is 0.671. The highest BCUT2D eigenvalue weighted by Gasteiger charge is 2.30. The van der Waals surface area contributed by atoms with Crippen LogP contribution in [0.2, 0.25) is 0 Å². The molecular formula is C26H25F3N2O2. The maximum Gasteiger partial charge on any atom is 0.416 e. The van der Waals surface area contributed by atoms with Gasteiger partial charge in [-0.05, 0) is 53.8 Å². The zero-order valence-corrected chi connectivity index (χ0v) is 18.1. The van der Waals surface area contributed by atoms with Crippen molar-refractivity contribution in [3.63, 3.8) is 0 Å². The van der Waals surface area contributed by atoms with E-state index < -0.39 is 11.7 Å². The molecule has 172 valence electrons. The molecular weight excluding hydrogens is 429 g/mol. The van der Waals surface area contributed by atoms with Crippen LogP contribution in [-0.2, 0) is 17.4 Å². The number of hydrogen-bond acceptors (Lipinski definition) is 2. The molecule has 1 heterocycles. The van der Waals surface area contributed by atoms with Crippen LogP contribution in [0.25, 0.3) is 10.8 Å². The molecule has 1 N–H and O–H groups in total. The van der Waals surface area contributed by atoms with Crippen molar-refractivity contribution in [1.82, 2.24) is 10.2 Å². The highest BCUT2D eigenvalue weighted by atomic mass is 19.4. The first-order valence-electron chi connectivity index (χ1n) is 11.0. The van der Waals surface area contributed by atoms with Gasteiger partial charge in [0.15, 0.2) is 0 Å². The molecule has 1 aliphatic rings. The SMILES string of the molecule is O=C(NCCc1ccc(C(F)(F)F)cc1)[C@@H]1CCCN(C(=O)c2cccc3ccccc23)C1. The van der Waals surface area contributed by atoms with Gasteiger partial charge in [-0.2, -0.15) is 13.2 Å². The summed E-state index contributed by atoms with van der Waals surface area (Å²) in [6.07, 6.45) is -2.47. The van der Waals surface area contributed by atoms with Crippen LogP contribution in [0.1, 0.15) is 34.3 Å². The zero-order chi connectivity index (χ0) is 23.4. The van der Waals surface area contributed by atoms with Crippen molar-refractivity contribution >= 4 is 22.6 Å². The predicted octanol–water partition coefficient (Wildman–Crippen LogP) is 5.07. The third-order valence-electron chi connectivity index (χ3n) is 6.09. The number of rotatable bonds is 5. The van der Waals surface area contributed by atoms with Gasteiger partial charge < -0.3 is 10.2 Å². The minimum atomic E-state index is -4.36. The lowest BCUT2D eigenvalue weighted by Crippen LogP contribution is -2.45. The second-order valence-electron chi connectivity index (χ2n) is 8.35. The van der Waals surface area contributed by atoms with E-state index in [1.165, 1.54) is 12.1 Å². The number of nitrogens with zero attached hydrogens (tertiary/aromatic N) is 1. The largest absolute Gasteiger partial charge is 0.416 e. The lowest BCUT2D eigenvalue weighted by molar-refractivity contribution is -0.137. The fourth-order valence-corrected chi connectivity index (χ4v) is 4.29. The summed E-state index contributed by atoms with van der Waals surface area (Å²) in [5, 5.41) is 4.77. The summed E-state index contributed by atoms with van der Waals surface area (Å²) in [4.78, 5) is 27.6. The van der Waals surface area contributed by atoms with E-state index >= 15 is 0 Å². The van der Waals surface area contributed by atoms with E-state index in [0.717, 1.165) is 34.9 Å². The Kier molecular flexibility index (Phi) is 6.67. The molecule has 3 aromatic carbocycles. The Morgan fingerprint density at radius 3 is 2.45 bits per heavy atom. The Bertz CT molecular complexity index is 1140. The number of piperidine rings is 1. The minimum Gasteiger partial charge on any atom is -0.355 e. The van der Waals surface area contributed by atoms with E-state index in [9.17, 15) is 22.8 Å². The Hall–Kier alpha value is -3.35. The van der Waals surface area contributed by atoms with Crippen LogP contribution in [-0.4, -0.2) is 36.3 Å². The number of amides is 2. The molecule has 0 aromatic heterocycles. The lowest BCUT2D eigenvalue weighted by Gasteiger charge is -2.32. The topological polar surface area (TPSA) is 49.4 Å². The lowest BCUT2D eigenvalue weighted by atomic mass is 9.95. The summed E-state index contributed by atoms with van der Waals surface area (Å²) >= 11 is 0. The number of hydrogen-bond donors (Lipinski definition) is 1. The number of halogens is 3. The quantitative estimate of drug-likeness (QED) is 0.585. The Labute approximate surface area is 190 Å². The van der Waals surface area contributed by atoms with Gasteiger partial charge in [0, 0.05) is 25.2 Å². The van der Waals surface area contributed by atoms with Crippen molar-refractivity contribution in [2.24, 2.45) is 5.92 Å². The number of nitrogens with one attached hydrogen (secondary N) is 1. The van der Waals surface area contributed by atoms with Crippen molar-refractivity contribution in [3.05, 3.63) is 83.4 Å². The molecule has 4 rings (SSSR count). The Balaban J connectivity index is 1.33. The smallest absolute Gasteiger partial charge is 0.355 e. The normalized spacial score (nSPS) is 16.6. The van der Waals surface area contributed by atoms with Crippen molar-refractivity contribution in [3.8, 4) is 0 Å². The average molecular weight is 454 g/mol. The number of carbonyl (C=O) groups is 2. The summed E-state index contributed by atoms with van der Waals surface area (Å²) in [5.74, 6) is -0.503. The third-order valence-corrected chi connectivity index (χ3v) is 6.09. The molecule has 0 aliphatic carbocycles. The van der Waals surface area contributed by atoms with Crippen LogP contribution in [0, 0.1) is 5.92 Å². The molecule has 1 atom stereocenters. The fraction of sp³-hybridized carbons (Fsp3) is 0.308. The predicted molar refractivity (Wildman–Crippen MR) is 121 cm³/mol. The van der Waals surface area contributed by atoms with Gasteiger partial charge in [0.05, 0.1) is 11.5 Å². The second kappa shape index (κ2) is 9.65. The molecule has 0 unspecified atom stereocenters. The first-order valence-corrected chi connectivity index (χ1v) is 11.0. The van der Waals surface area contributed by atoms with Gasteiger partial charge >= 0.3 is 6.18 Å². The average Bonchev–Trinajstić information content (AvgIpc) is 2.83. The van der Waals surface area contributed by atoms with E-state index in [1.54, 1.807) is 4.90 Å². The van der Waals surface area contributed by atoms with Crippen molar-refractivity contribution in [2.45, 2.75) is 25.4 Å². The van der Waals surface area contributed by atoms with Gasteiger partial charge in [0.25, 0.3) is 5.91 Å². The van der Waals surface area contributed by atoms with Gasteiger partial charge in [-0.1, -0.05) is 48.5 Å². The van der Waals surface area contributed by atoms with Crippen LogP contribution in [0.3, 0.4) is 0 Å². The van der Waals surface area contributed by atoms with Crippen LogP contribution >= 0.6 is 0 Å². The van der Waals surface area contributed by atoms with Crippen molar-refractivity contribution in [2.75, 3.05) is 19.6 Å². The van der Waals surface area contributed by atoms with Crippen LogP contribution in [0.5, 0.6) is 0 Å². The molecule has 3 aromatic rings. The highest BCUT2D eigenvalue weighted by Crippen LogP contribution is 2.29. The highest BCUT2D eigenvalue weighted by molar-refractivity contribution is 6.07. The summed E-state index contributed by atoms with van der Waals surface area (Å²) in [6.45, 7) is 1.30. The number of likely N-dealkylation sites (tertiary alicyclic amines) is 1. The molecule has 2 amide bonds. The van der Waals surface area contributed by atoms with E-state index in [0.29, 0.717) is 38.0 Å². The molecule has 0 radical (unpaired) electrons. The molecule has 4 nitrogen and oxygen atoms in total. The fourth-order valence-electron chi connectivity index (χ4n) is 4.29. The van der Waals surface area contributed by atoms with Gasteiger partial charge in [0.1, 0.15) is 0 Å². The van der Waals surface area contributed by atoms with Gasteiger partial charge in [-0.15, -0.1) is 0 Å². The zero-order valence-electron chi connectivity index (χ0n) is 18.1. The molecule has 1 fully saturated rings. The van der Waals surface area contributed by atoms with E-state index in [4.69, 9.17) is 0 Å². The van der Waals surface area contributed by atoms with Crippen LogP contribution in [0.15, 0.2) is 66.7 Å². The van der Waals surface area contributed by atoms with Crippen LogP contribution in [0.4, 0.5) is 13.2 Å². The molecule has 1 aliphatic heterocycles. The standard InChI is InChI=1S/C26H25F3N2O2/c27-26(28,29)21-12-10-18(11-13-21)14-15-30-24(32)20-7-4-16-31(17-20)25(33)23-9-3-6-19-5-1-2-8-22(19)23/h1-3,5-6,8-13,20H,4,7,14-17H2,(H,30,32)/t20-/m1/s1. The van der Waals surface area contributed by atoms with E-state index in [-0.39, 0.29) is 17.7 Å². The third kappa shape index (κ3) is 5.35. The number of carbonyl (C=O) groups excluding carboxylic acids is 2. The van der Waals surface area contributed by atoms with Gasteiger partial charge in [-0.25, -0.2) is 0 Å². The molecule has 0 spiro atoms. The number of benzene rings is 3. The molecule has 7 heteroatoms. The summed E-state index contributed by atoms with van der Waals surface area (Å²) in [7, 11) is 0. The van der Waals surface area contributed by atoms with E-state index in [2.05, 4.69) is 5.32 Å². The van der Waals surface area contributed by atoms with E-state index in [1.807, 2.05) is 42.5 Å². The van der Waals surface area contributed by atoms with Gasteiger partial charge in [-0.3, -0.25) is 9.59 Å². The van der Waals surface area contributed by atoms with Crippen molar-refractivity contribution in [1.29, 1.82) is 0 Å². The molecule has 0 saturated carbocycles. The second-order valence-corrected chi connectivity index (χ2v) is 8.35. The Morgan fingerprint density at radius 1 is 0.970 bits per heavy atom. The minimum absolute atomic E-state index is 0.0749. The summed E-state index contributed by atoms with van der Waals surface area (Å²) < 4.78 is 38.0. The van der Waals surface area contributed by atoms with Gasteiger partial charge in [0.2, 0.25) is 5.91 Å². The number of alkyl halides is 3. The molecule has 1 saturated heterocycles. The summed E-state index contributed by atoms with van der Waals surface area (Å²) in [6, 6.07) is 18.3. The maximum absolute atomic E-state index is 13.2. The monoisotopic (exact) mass is 454 g/mol. The molecule has 33 heavy (non-hydrogen) atoms. The van der Waals surface area contributed by atoms with Crippen LogP contribution < -0.4 is 5.32 Å². The Morgan fingerprint density at radius 2 is 1.70 bits per heavy atom.